The SMILES string of the molecule is CCCCCCCC(=O)CCCCCCCC[C@@H](C(=O)N[C@@H](Cc1ccc(OCCC(C)C)cc1)C(=O)O)[C@@](O)(CC(=O)O)C(=O)O. The van der Waals surface area contributed by atoms with E-state index in [1.807, 2.05) is 0 Å². The summed E-state index contributed by atoms with van der Waals surface area (Å²) in [5, 5.41) is 42.3. The van der Waals surface area contributed by atoms with Gasteiger partial charge in [-0.05, 0) is 49.3 Å². The lowest BCUT2D eigenvalue weighted by Crippen LogP contribution is -2.56. The topological polar surface area (TPSA) is 188 Å². The first-order valence-electron chi connectivity index (χ1n) is 17.2. The van der Waals surface area contributed by atoms with Gasteiger partial charge in [0.25, 0.3) is 0 Å². The Morgan fingerprint density at radius 2 is 1.34 bits per heavy atom. The molecule has 1 aromatic rings. The van der Waals surface area contributed by atoms with E-state index in [0.29, 0.717) is 49.5 Å². The second kappa shape index (κ2) is 23.0. The number of carboxylic acid groups (broad SMARTS) is 3. The molecule has 3 atom stereocenters. The van der Waals surface area contributed by atoms with E-state index in [4.69, 9.17) is 4.74 Å². The minimum Gasteiger partial charge on any atom is -0.494 e. The molecule has 0 aliphatic carbocycles. The van der Waals surface area contributed by atoms with Crippen molar-refractivity contribution in [3.63, 3.8) is 0 Å². The zero-order valence-electron chi connectivity index (χ0n) is 28.5. The Morgan fingerprint density at radius 1 is 0.787 bits per heavy atom. The number of ketones is 1. The molecule has 0 spiro atoms. The van der Waals surface area contributed by atoms with Crippen LogP contribution in [0, 0.1) is 11.8 Å². The molecule has 0 fully saturated rings. The standard InChI is InChI=1S/C36H57NO10/c1-4-5-6-9-12-15-28(38)16-13-10-7-8-11-14-17-30(36(46,35(44)45)25-32(39)40)33(41)37-31(34(42)43)24-27-18-20-29(21-19-27)47-23-22-26(2)3/h18-21,26,30-31,46H,4-17,22-25H2,1-3H3,(H,37,41)(H,39,40)(H,42,43)(H,44,45)/t30-,31-,36-/m0/s1. The van der Waals surface area contributed by atoms with Gasteiger partial charge in [-0.2, -0.15) is 0 Å². The molecule has 0 aliphatic rings. The van der Waals surface area contributed by atoms with E-state index < -0.39 is 47.8 Å². The first-order chi connectivity index (χ1) is 22.3. The van der Waals surface area contributed by atoms with Crippen molar-refractivity contribution in [3.05, 3.63) is 29.8 Å². The lowest BCUT2D eigenvalue weighted by Gasteiger charge is -2.31. The van der Waals surface area contributed by atoms with Gasteiger partial charge in [0.1, 0.15) is 17.6 Å². The van der Waals surface area contributed by atoms with Gasteiger partial charge in [-0.25, -0.2) is 9.59 Å². The van der Waals surface area contributed by atoms with Gasteiger partial charge in [0.15, 0.2) is 5.60 Å². The van der Waals surface area contributed by atoms with Gasteiger partial charge >= 0.3 is 17.9 Å². The number of ether oxygens (including phenoxy) is 1. The highest BCUT2D eigenvalue weighted by molar-refractivity contribution is 5.93. The molecule has 11 heteroatoms. The van der Waals surface area contributed by atoms with E-state index in [0.717, 1.165) is 51.4 Å². The predicted octanol–water partition coefficient (Wildman–Crippen LogP) is 6.18. The second-order valence-corrected chi connectivity index (χ2v) is 13.0. The van der Waals surface area contributed by atoms with Crippen LogP contribution in [-0.4, -0.2) is 68.3 Å². The molecule has 11 nitrogen and oxygen atoms in total. The zero-order chi connectivity index (χ0) is 35.2. The van der Waals surface area contributed by atoms with Crippen molar-refractivity contribution in [1.82, 2.24) is 5.32 Å². The molecule has 0 radical (unpaired) electrons. The lowest BCUT2D eigenvalue weighted by atomic mass is 9.80. The van der Waals surface area contributed by atoms with E-state index in [-0.39, 0.29) is 18.6 Å². The van der Waals surface area contributed by atoms with E-state index >= 15 is 0 Å². The molecule has 0 bridgehead atoms. The fraction of sp³-hybridized carbons (Fsp3) is 0.694. The highest BCUT2D eigenvalue weighted by Crippen LogP contribution is 2.29. The molecule has 5 N–H and O–H groups in total. The van der Waals surface area contributed by atoms with Crippen LogP contribution < -0.4 is 10.1 Å². The fourth-order valence-electron chi connectivity index (χ4n) is 5.44. The number of benzene rings is 1. The predicted molar refractivity (Wildman–Crippen MR) is 178 cm³/mol. The molecule has 1 amide bonds. The zero-order valence-corrected chi connectivity index (χ0v) is 28.5. The molecule has 0 unspecified atom stereocenters. The number of Topliss-reactive ketones (excluding diaryl/α,β-unsaturated/α-hetero) is 1. The fourth-order valence-corrected chi connectivity index (χ4v) is 5.44. The van der Waals surface area contributed by atoms with Crippen LogP contribution in [0.15, 0.2) is 24.3 Å². The summed E-state index contributed by atoms with van der Waals surface area (Å²) in [5.74, 6) is -6.17. The van der Waals surface area contributed by atoms with Crippen molar-refractivity contribution in [2.24, 2.45) is 11.8 Å². The summed E-state index contributed by atoms with van der Waals surface area (Å²) < 4.78 is 5.69. The highest BCUT2D eigenvalue weighted by Gasteiger charge is 2.49. The number of unbranched alkanes of at least 4 members (excludes halogenated alkanes) is 9. The Kier molecular flexibility index (Phi) is 20.3. The van der Waals surface area contributed by atoms with E-state index in [1.54, 1.807) is 24.3 Å². The number of rotatable bonds is 28. The minimum atomic E-state index is -2.93. The third kappa shape index (κ3) is 17.3. The molecule has 1 rings (SSSR count). The number of nitrogens with one attached hydrogen (secondary N) is 1. The molecule has 0 saturated carbocycles. The summed E-state index contributed by atoms with van der Waals surface area (Å²) in [6, 6.07) is 5.30. The van der Waals surface area contributed by atoms with Crippen molar-refractivity contribution >= 4 is 29.6 Å². The van der Waals surface area contributed by atoms with Gasteiger partial charge in [-0.15, -0.1) is 0 Å². The summed E-state index contributed by atoms with van der Waals surface area (Å²) in [4.78, 5) is 61.1. The smallest absolute Gasteiger partial charge is 0.337 e. The molecule has 0 aliphatic heterocycles. The maximum absolute atomic E-state index is 13.4. The molecule has 0 aromatic heterocycles. The van der Waals surface area contributed by atoms with Crippen molar-refractivity contribution in [2.45, 2.75) is 142 Å². The van der Waals surface area contributed by atoms with Gasteiger partial charge in [-0.1, -0.05) is 90.7 Å². The van der Waals surface area contributed by atoms with Crippen LogP contribution in [0.3, 0.4) is 0 Å². The molecular formula is C36H57NO10. The van der Waals surface area contributed by atoms with Gasteiger partial charge < -0.3 is 30.5 Å². The number of amides is 1. The molecular weight excluding hydrogens is 606 g/mol. The Balaban J connectivity index is 2.75. The monoisotopic (exact) mass is 663 g/mol. The number of carboxylic acids is 3. The number of aliphatic hydroxyl groups is 1. The maximum Gasteiger partial charge on any atom is 0.337 e. The summed E-state index contributed by atoms with van der Waals surface area (Å²) in [6.45, 7) is 6.86. The average molecular weight is 664 g/mol. The first-order valence-corrected chi connectivity index (χ1v) is 17.2. The van der Waals surface area contributed by atoms with Crippen LogP contribution in [0.2, 0.25) is 0 Å². The number of hydrogen-bond acceptors (Lipinski definition) is 7. The molecule has 47 heavy (non-hydrogen) atoms. The summed E-state index contributed by atoms with van der Waals surface area (Å²) in [7, 11) is 0. The third-order valence-corrected chi connectivity index (χ3v) is 8.38. The van der Waals surface area contributed by atoms with Crippen LogP contribution in [0.1, 0.15) is 129 Å². The van der Waals surface area contributed by atoms with Crippen LogP contribution >= 0.6 is 0 Å². The van der Waals surface area contributed by atoms with Crippen molar-refractivity contribution < 1.29 is 49.1 Å². The third-order valence-electron chi connectivity index (χ3n) is 8.38. The molecule has 266 valence electrons. The molecule has 0 heterocycles. The number of carbonyl (C=O) groups is 5. The summed E-state index contributed by atoms with van der Waals surface area (Å²) in [5.41, 5.74) is -2.34. The molecule has 1 aromatic carbocycles. The highest BCUT2D eigenvalue weighted by atomic mass is 16.5. The Morgan fingerprint density at radius 3 is 1.85 bits per heavy atom. The Hall–Kier alpha value is -3.47. The number of aliphatic carboxylic acids is 3. The van der Waals surface area contributed by atoms with Gasteiger partial charge in [0, 0.05) is 19.3 Å². The van der Waals surface area contributed by atoms with Crippen molar-refractivity contribution in [3.8, 4) is 5.75 Å². The Bertz CT molecular complexity index is 1100. The molecule has 0 saturated heterocycles. The van der Waals surface area contributed by atoms with Gasteiger partial charge in [0.05, 0.1) is 18.9 Å². The first kappa shape index (κ1) is 41.6. The number of carbonyl (C=O) groups excluding carboxylic acids is 2. The summed E-state index contributed by atoms with van der Waals surface area (Å²) in [6.07, 6.45) is 10.3. The van der Waals surface area contributed by atoms with Crippen LogP contribution in [0.25, 0.3) is 0 Å². The van der Waals surface area contributed by atoms with Crippen molar-refractivity contribution in [2.75, 3.05) is 6.61 Å². The quantitative estimate of drug-likeness (QED) is 0.0648. The van der Waals surface area contributed by atoms with Crippen LogP contribution in [0.5, 0.6) is 5.75 Å². The maximum atomic E-state index is 13.4. The average Bonchev–Trinajstić information content (AvgIpc) is 2.99. The van der Waals surface area contributed by atoms with E-state index in [1.165, 1.54) is 12.8 Å². The second-order valence-electron chi connectivity index (χ2n) is 13.0. The van der Waals surface area contributed by atoms with Crippen molar-refractivity contribution in [1.29, 1.82) is 0 Å². The van der Waals surface area contributed by atoms with Crippen LogP contribution in [-0.2, 0) is 30.4 Å². The van der Waals surface area contributed by atoms with E-state index in [9.17, 15) is 44.4 Å². The van der Waals surface area contributed by atoms with Gasteiger partial charge in [0.2, 0.25) is 5.91 Å². The largest absolute Gasteiger partial charge is 0.494 e. The Labute approximate surface area is 279 Å². The summed E-state index contributed by atoms with van der Waals surface area (Å²) >= 11 is 0. The number of hydrogen-bond donors (Lipinski definition) is 5. The minimum absolute atomic E-state index is 0.119. The normalized spacial score (nSPS) is 13.8. The van der Waals surface area contributed by atoms with Crippen LogP contribution in [0.4, 0.5) is 0 Å². The lowest BCUT2D eigenvalue weighted by molar-refractivity contribution is -0.175. The van der Waals surface area contributed by atoms with Gasteiger partial charge in [-0.3, -0.25) is 14.4 Å². The van der Waals surface area contributed by atoms with E-state index in [2.05, 4.69) is 26.1 Å².